The van der Waals surface area contributed by atoms with E-state index in [1.54, 1.807) is 25.9 Å². The van der Waals surface area contributed by atoms with Gasteiger partial charge in [-0.25, -0.2) is 0 Å². The van der Waals surface area contributed by atoms with Crippen LogP contribution in [0.2, 0.25) is 0 Å². The van der Waals surface area contributed by atoms with Crippen molar-refractivity contribution in [3.05, 3.63) is 29.8 Å². The fourth-order valence-electron chi connectivity index (χ4n) is 6.75. The Hall–Kier alpha value is -2.75. The molecular formula is C34H49N3O6. The summed E-state index contributed by atoms with van der Waals surface area (Å²) in [4.78, 5) is 44.5. The van der Waals surface area contributed by atoms with Crippen molar-refractivity contribution in [2.45, 2.75) is 96.3 Å². The Morgan fingerprint density at radius 3 is 2.70 bits per heavy atom. The van der Waals surface area contributed by atoms with Gasteiger partial charge in [0.25, 0.3) is 5.91 Å². The lowest BCUT2D eigenvalue weighted by atomic mass is 9.84. The highest BCUT2D eigenvalue weighted by molar-refractivity contribution is 6.04. The standard InChI is InChI=1S/C34H49N3O6/c1-5-42-30-10-7-6-9-23(30)11-15-29(38)24-19-25(22-35-21-24)32(39)37(26-12-13-26)27-14-16-31-28(20-27)36(17-8-18-41-4)33(40)34(2,3)43-31/h11,14,16,20,24-26,30,35H,5-10,12-13,15,17-19,21-22H2,1-4H3/b23-11+/t24-,25+,30+/m0/s1. The predicted octanol–water partition coefficient (Wildman–Crippen LogP) is 4.81. The summed E-state index contributed by atoms with van der Waals surface area (Å²) in [5.41, 5.74) is 1.75. The Labute approximate surface area is 256 Å². The van der Waals surface area contributed by atoms with E-state index in [1.165, 1.54) is 12.0 Å². The second kappa shape index (κ2) is 13.9. The van der Waals surface area contributed by atoms with Gasteiger partial charge < -0.3 is 29.3 Å². The lowest BCUT2D eigenvalue weighted by Gasteiger charge is -2.39. The quantitative estimate of drug-likeness (QED) is 0.274. The van der Waals surface area contributed by atoms with Gasteiger partial charge in [-0.2, -0.15) is 0 Å². The number of benzene rings is 1. The van der Waals surface area contributed by atoms with Gasteiger partial charge in [-0.1, -0.05) is 12.5 Å². The molecule has 0 aromatic heterocycles. The first-order valence-electron chi connectivity index (χ1n) is 16.2. The first kappa shape index (κ1) is 31.7. The van der Waals surface area contributed by atoms with Crippen LogP contribution in [-0.4, -0.2) is 75.3 Å². The summed E-state index contributed by atoms with van der Waals surface area (Å²) in [6.45, 7) is 8.48. The maximum atomic E-state index is 14.1. The summed E-state index contributed by atoms with van der Waals surface area (Å²) in [6.07, 6.45) is 10.1. The van der Waals surface area contributed by atoms with Crippen molar-refractivity contribution in [1.82, 2.24) is 5.32 Å². The summed E-state index contributed by atoms with van der Waals surface area (Å²) < 4.78 is 17.3. The maximum Gasteiger partial charge on any atom is 0.270 e. The van der Waals surface area contributed by atoms with Crippen molar-refractivity contribution in [2.75, 3.05) is 49.8 Å². The zero-order valence-electron chi connectivity index (χ0n) is 26.4. The Morgan fingerprint density at radius 2 is 1.95 bits per heavy atom. The van der Waals surface area contributed by atoms with Gasteiger partial charge in [-0.05, 0) is 89.5 Å². The molecular weight excluding hydrogens is 546 g/mol. The average Bonchev–Trinajstić information content (AvgIpc) is 3.84. The molecule has 5 rings (SSSR count). The molecule has 1 aromatic rings. The van der Waals surface area contributed by atoms with E-state index in [0.29, 0.717) is 63.5 Å². The summed E-state index contributed by atoms with van der Waals surface area (Å²) in [5.74, 6) is 0.290. The minimum absolute atomic E-state index is 0.0452. The monoisotopic (exact) mass is 595 g/mol. The molecule has 1 saturated heterocycles. The number of fused-ring (bicyclic) bond motifs is 1. The fraction of sp³-hybridized carbons (Fsp3) is 0.676. The van der Waals surface area contributed by atoms with Crippen LogP contribution in [-0.2, 0) is 23.9 Å². The largest absolute Gasteiger partial charge is 0.476 e. The molecule has 2 amide bonds. The molecule has 2 heterocycles. The minimum Gasteiger partial charge on any atom is -0.476 e. The number of piperidine rings is 1. The lowest BCUT2D eigenvalue weighted by molar-refractivity contribution is -0.132. The number of carbonyl (C=O) groups excluding carboxylic acids is 3. The molecule has 9 heteroatoms. The molecule has 0 spiro atoms. The fourth-order valence-corrected chi connectivity index (χ4v) is 6.75. The number of hydrogen-bond donors (Lipinski definition) is 1. The summed E-state index contributed by atoms with van der Waals surface area (Å²) >= 11 is 0. The van der Waals surface area contributed by atoms with Crippen LogP contribution in [0.25, 0.3) is 0 Å². The second-order valence-electron chi connectivity index (χ2n) is 12.9. The first-order chi connectivity index (χ1) is 20.7. The molecule has 2 aliphatic heterocycles. The molecule has 43 heavy (non-hydrogen) atoms. The van der Waals surface area contributed by atoms with E-state index in [9.17, 15) is 14.4 Å². The number of anilines is 2. The van der Waals surface area contributed by atoms with Crippen LogP contribution in [0.15, 0.2) is 29.8 Å². The minimum atomic E-state index is -0.972. The van der Waals surface area contributed by atoms with E-state index in [1.807, 2.05) is 30.0 Å². The Kier molecular flexibility index (Phi) is 10.2. The molecule has 1 N–H and O–H groups in total. The maximum absolute atomic E-state index is 14.1. The molecule has 0 bridgehead atoms. The summed E-state index contributed by atoms with van der Waals surface area (Å²) in [5, 5.41) is 3.38. The SMILES string of the molecule is CCO[C@@H]1CCCC/C1=C\CC(=O)[C@@H]1CNC[C@H](C(=O)N(c2ccc3c(c2)N(CCCOC)C(=O)C(C)(C)O3)C2CC2)C1. The van der Waals surface area contributed by atoms with E-state index in [0.717, 1.165) is 37.8 Å². The summed E-state index contributed by atoms with van der Waals surface area (Å²) in [7, 11) is 1.65. The third-order valence-corrected chi connectivity index (χ3v) is 9.20. The van der Waals surface area contributed by atoms with Crippen molar-refractivity contribution in [3.8, 4) is 5.75 Å². The number of carbonyl (C=O) groups is 3. The molecule has 3 fully saturated rings. The molecule has 2 saturated carbocycles. The number of nitrogens with one attached hydrogen (secondary N) is 1. The summed E-state index contributed by atoms with van der Waals surface area (Å²) in [6, 6.07) is 5.87. The molecule has 0 unspecified atom stereocenters. The Bertz CT molecular complexity index is 1210. The highest BCUT2D eigenvalue weighted by Crippen LogP contribution is 2.43. The van der Waals surface area contributed by atoms with Crippen LogP contribution in [0, 0.1) is 11.8 Å². The number of hydrogen-bond acceptors (Lipinski definition) is 7. The van der Waals surface area contributed by atoms with Crippen molar-refractivity contribution in [1.29, 1.82) is 0 Å². The molecule has 236 valence electrons. The normalized spacial score (nSPS) is 26.1. The zero-order valence-corrected chi connectivity index (χ0v) is 26.4. The van der Waals surface area contributed by atoms with E-state index < -0.39 is 5.60 Å². The number of allylic oxidation sites excluding steroid dienone is 1. The number of nitrogens with zero attached hydrogens (tertiary/aromatic N) is 2. The molecule has 4 aliphatic rings. The van der Waals surface area contributed by atoms with Gasteiger partial charge in [0.1, 0.15) is 11.5 Å². The molecule has 1 aromatic carbocycles. The first-order valence-corrected chi connectivity index (χ1v) is 16.2. The number of amides is 2. The topological polar surface area (TPSA) is 97.4 Å². The molecule has 0 radical (unpaired) electrons. The van der Waals surface area contributed by atoms with Gasteiger partial charge in [-0.3, -0.25) is 14.4 Å². The van der Waals surface area contributed by atoms with Crippen LogP contribution in [0.4, 0.5) is 11.4 Å². The van der Waals surface area contributed by atoms with Gasteiger partial charge in [0.15, 0.2) is 5.60 Å². The van der Waals surface area contributed by atoms with Crippen molar-refractivity contribution >= 4 is 29.0 Å². The zero-order chi connectivity index (χ0) is 30.6. The molecule has 3 atom stereocenters. The predicted molar refractivity (Wildman–Crippen MR) is 167 cm³/mol. The lowest BCUT2D eigenvalue weighted by Crippen LogP contribution is -2.53. The smallest absolute Gasteiger partial charge is 0.270 e. The Morgan fingerprint density at radius 1 is 1.16 bits per heavy atom. The van der Waals surface area contributed by atoms with Gasteiger partial charge >= 0.3 is 0 Å². The number of rotatable bonds is 12. The van der Waals surface area contributed by atoms with Gasteiger partial charge in [0, 0.05) is 64.0 Å². The highest BCUT2D eigenvalue weighted by Gasteiger charge is 2.43. The van der Waals surface area contributed by atoms with Crippen LogP contribution < -0.4 is 19.9 Å². The van der Waals surface area contributed by atoms with E-state index >= 15 is 0 Å². The van der Waals surface area contributed by atoms with Crippen molar-refractivity contribution in [3.63, 3.8) is 0 Å². The highest BCUT2D eigenvalue weighted by atomic mass is 16.5. The van der Waals surface area contributed by atoms with E-state index in [4.69, 9.17) is 14.2 Å². The third kappa shape index (κ3) is 7.32. The van der Waals surface area contributed by atoms with Crippen molar-refractivity contribution < 1.29 is 28.6 Å². The number of Topliss-reactive ketones (excluding diaryl/α,β-unsaturated/α-hetero) is 1. The van der Waals surface area contributed by atoms with Gasteiger partial charge in [0.05, 0.1) is 17.7 Å². The van der Waals surface area contributed by atoms with E-state index in [2.05, 4.69) is 11.4 Å². The number of ether oxygens (including phenoxy) is 3. The van der Waals surface area contributed by atoms with Crippen LogP contribution in [0.3, 0.4) is 0 Å². The van der Waals surface area contributed by atoms with Crippen molar-refractivity contribution in [2.24, 2.45) is 11.8 Å². The number of methoxy groups -OCH3 is 1. The van der Waals surface area contributed by atoms with Crippen LogP contribution >= 0.6 is 0 Å². The second-order valence-corrected chi connectivity index (χ2v) is 12.9. The van der Waals surface area contributed by atoms with E-state index in [-0.39, 0.29) is 41.6 Å². The molecule has 9 nitrogen and oxygen atoms in total. The Balaban J connectivity index is 1.30. The third-order valence-electron chi connectivity index (χ3n) is 9.20. The van der Waals surface area contributed by atoms with Crippen LogP contribution in [0.5, 0.6) is 5.75 Å². The number of ketones is 1. The molecule has 2 aliphatic carbocycles. The van der Waals surface area contributed by atoms with Gasteiger partial charge in [0.2, 0.25) is 5.91 Å². The van der Waals surface area contributed by atoms with Gasteiger partial charge in [-0.15, -0.1) is 0 Å². The average molecular weight is 596 g/mol. The van der Waals surface area contributed by atoms with Crippen LogP contribution in [0.1, 0.15) is 78.6 Å².